The fourth-order valence-corrected chi connectivity index (χ4v) is 2.50. The van der Waals surface area contributed by atoms with Crippen molar-refractivity contribution in [3.63, 3.8) is 0 Å². The molecule has 21 heavy (non-hydrogen) atoms. The first-order valence-electron chi connectivity index (χ1n) is 7.64. The first-order valence-corrected chi connectivity index (χ1v) is 7.64. The zero-order valence-corrected chi connectivity index (χ0v) is 14.1. The molecule has 0 aromatic rings. The summed E-state index contributed by atoms with van der Waals surface area (Å²) < 4.78 is 0. The Balaban J connectivity index is 2.80. The number of nitrogens with two attached hydrogens (primary N) is 1. The predicted octanol–water partition coefficient (Wildman–Crippen LogP) is 5.25. The molecule has 1 rings (SSSR count). The Labute approximate surface area is 130 Å². The van der Waals surface area contributed by atoms with E-state index >= 15 is 0 Å². The maximum Gasteiger partial charge on any atom is 0.0112 e. The van der Waals surface area contributed by atoms with Gasteiger partial charge in [-0.2, -0.15) is 0 Å². The minimum Gasteiger partial charge on any atom is -0.327 e. The molecule has 1 nitrogen and oxygen atoms in total. The van der Waals surface area contributed by atoms with Crippen molar-refractivity contribution in [1.82, 2.24) is 0 Å². The van der Waals surface area contributed by atoms with Crippen molar-refractivity contribution in [2.24, 2.45) is 11.1 Å². The Morgan fingerprint density at radius 3 is 2.57 bits per heavy atom. The van der Waals surface area contributed by atoms with Crippen molar-refractivity contribution >= 4 is 0 Å². The lowest BCUT2D eigenvalue weighted by atomic mass is 9.75. The quantitative estimate of drug-likeness (QED) is 0.685. The maximum absolute atomic E-state index is 5.48. The second-order valence-electron chi connectivity index (χ2n) is 6.37. The summed E-state index contributed by atoms with van der Waals surface area (Å²) in [7, 11) is 0. The highest BCUT2D eigenvalue weighted by molar-refractivity contribution is 5.42. The Kier molecular flexibility index (Phi) is 6.64. The molecule has 0 aromatic carbocycles. The van der Waals surface area contributed by atoms with Crippen LogP contribution in [0.25, 0.3) is 0 Å². The highest BCUT2D eigenvalue weighted by Gasteiger charge is 2.23. The molecule has 0 saturated carbocycles. The van der Waals surface area contributed by atoms with Crippen LogP contribution in [0.5, 0.6) is 0 Å². The molecule has 0 bridgehead atoms. The third kappa shape index (κ3) is 5.73. The molecule has 2 N–H and O–H groups in total. The molecule has 0 aromatic heterocycles. The van der Waals surface area contributed by atoms with E-state index in [1.54, 1.807) is 0 Å². The Morgan fingerprint density at radius 2 is 1.95 bits per heavy atom. The molecule has 0 unspecified atom stereocenters. The molecule has 114 valence electrons. The van der Waals surface area contributed by atoms with Gasteiger partial charge in [-0.05, 0) is 43.8 Å². The van der Waals surface area contributed by atoms with Gasteiger partial charge >= 0.3 is 0 Å². The average molecular weight is 283 g/mol. The van der Waals surface area contributed by atoms with Gasteiger partial charge in [0.25, 0.3) is 0 Å². The summed E-state index contributed by atoms with van der Waals surface area (Å²) in [5, 5.41) is 0. The SMILES string of the molecule is CC1=C(/C=C/C(C)=C/C=C\C(C)=C\CN)C(C)(C)CC=C1. The zero-order chi connectivity index (χ0) is 15.9. The van der Waals surface area contributed by atoms with Crippen molar-refractivity contribution in [3.8, 4) is 0 Å². The third-order valence-corrected chi connectivity index (χ3v) is 3.82. The van der Waals surface area contributed by atoms with Crippen LogP contribution >= 0.6 is 0 Å². The molecule has 0 radical (unpaired) electrons. The summed E-state index contributed by atoms with van der Waals surface area (Å²) in [4.78, 5) is 0. The molecule has 0 saturated heterocycles. The van der Waals surface area contributed by atoms with Crippen LogP contribution in [0.1, 0.15) is 41.0 Å². The average Bonchev–Trinajstić information content (AvgIpc) is 2.37. The summed E-state index contributed by atoms with van der Waals surface area (Å²) in [6.45, 7) is 11.6. The number of hydrogen-bond donors (Lipinski definition) is 1. The number of allylic oxidation sites excluding steroid dienone is 11. The second-order valence-corrected chi connectivity index (χ2v) is 6.37. The van der Waals surface area contributed by atoms with Crippen molar-refractivity contribution in [3.05, 3.63) is 70.9 Å². The van der Waals surface area contributed by atoms with Gasteiger partial charge in [-0.1, -0.05) is 73.6 Å². The molecule has 0 heterocycles. The van der Waals surface area contributed by atoms with E-state index < -0.39 is 0 Å². The van der Waals surface area contributed by atoms with Crippen LogP contribution in [0.15, 0.2) is 70.9 Å². The van der Waals surface area contributed by atoms with E-state index in [9.17, 15) is 0 Å². The van der Waals surface area contributed by atoms with Gasteiger partial charge in [0.05, 0.1) is 0 Å². The molecule has 1 aliphatic carbocycles. The molecule has 0 atom stereocenters. The van der Waals surface area contributed by atoms with Gasteiger partial charge in [0.1, 0.15) is 0 Å². The monoisotopic (exact) mass is 283 g/mol. The molecule has 0 amide bonds. The van der Waals surface area contributed by atoms with Crippen LogP contribution < -0.4 is 5.73 Å². The third-order valence-electron chi connectivity index (χ3n) is 3.82. The van der Waals surface area contributed by atoms with E-state index in [0.29, 0.717) is 6.54 Å². The molecule has 0 aliphatic heterocycles. The van der Waals surface area contributed by atoms with Crippen LogP contribution in [0.3, 0.4) is 0 Å². The van der Waals surface area contributed by atoms with E-state index in [4.69, 9.17) is 5.73 Å². The maximum atomic E-state index is 5.48. The molecule has 0 spiro atoms. The van der Waals surface area contributed by atoms with E-state index in [0.717, 1.165) is 6.42 Å². The van der Waals surface area contributed by atoms with Crippen molar-refractivity contribution < 1.29 is 0 Å². The summed E-state index contributed by atoms with van der Waals surface area (Å²) >= 11 is 0. The van der Waals surface area contributed by atoms with Gasteiger partial charge in [-0.15, -0.1) is 0 Å². The van der Waals surface area contributed by atoms with Gasteiger partial charge in [0, 0.05) is 6.54 Å². The van der Waals surface area contributed by atoms with Gasteiger partial charge in [0.2, 0.25) is 0 Å². The first-order chi connectivity index (χ1) is 9.86. The highest BCUT2D eigenvalue weighted by atomic mass is 14.5. The summed E-state index contributed by atoms with van der Waals surface area (Å²) in [6.07, 6.45) is 18.4. The summed E-state index contributed by atoms with van der Waals surface area (Å²) in [6, 6.07) is 0. The Bertz CT molecular complexity index is 534. The van der Waals surface area contributed by atoms with E-state index in [-0.39, 0.29) is 5.41 Å². The zero-order valence-electron chi connectivity index (χ0n) is 14.1. The van der Waals surface area contributed by atoms with Gasteiger partial charge in [-0.3, -0.25) is 0 Å². The molecular formula is C20H29N. The van der Waals surface area contributed by atoms with Gasteiger partial charge in [0.15, 0.2) is 0 Å². The Hall–Kier alpha value is -1.60. The van der Waals surface area contributed by atoms with E-state index in [2.05, 4.69) is 77.2 Å². The van der Waals surface area contributed by atoms with E-state index in [1.807, 2.05) is 6.08 Å². The fraction of sp³-hybridized carbons (Fsp3) is 0.400. The van der Waals surface area contributed by atoms with Crippen molar-refractivity contribution in [2.45, 2.75) is 41.0 Å². The lowest BCUT2D eigenvalue weighted by Crippen LogP contribution is -2.16. The lowest BCUT2D eigenvalue weighted by molar-refractivity contribution is 0.456. The minimum absolute atomic E-state index is 0.228. The fourth-order valence-electron chi connectivity index (χ4n) is 2.50. The Morgan fingerprint density at radius 1 is 1.24 bits per heavy atom. The van der Waals surface area contributed by atoms with Crippen LogP contribution in [-0.4, -0.2) is 6.54 Å². The highest BCUT2D eigenvalue weighted by Crippen LogP contribution is 2.37. The largest absolute Gasteiger partial charge is 0.327 e. The summed E-state index contributed by atoms with van der Waals surface area (Å²) in [5.41, 5.74) is 11.0. The van der Waals surface area contributed by atoms with Crippen LogP contribution in [0, 0.1) is 5.41 Å². The first kappa shape index (κ1) is 17.5. The molecular weight excluding hydrogens is 254 g/mol. The van der Waals surface area contributed by atoms with Gasteiger partial charge < -0.3 is 5.73 Å². The van der Waals surface area contributed by atoms with Gasteiger partial charge in [-0.25, -0.2) is 0 Å². The van der Waals surface area contributed by atoms with Crippen LogP contribution in [0.2, 0.25) is 0 Å². The van der Waals surface area contributed by atoms with E-state index in [1.165, 1.54) is 22.3 Å². The number of hydrogen-bond acceptors (Lipinski definition) is 1. The smallest absolute Gasteiger partial charge is 0.0112 e. The topological polar surface area (TPSA) is 26.0 Å². The van der Waals surface area contributed by atoms with Crippen molar-refractivity contribution in [1.29, 1.82) is 0 Å². The lowest BCUT2D eigenvalue weighted by Gasteiger charge is -2.29. The van der Waals surface area contributed by atoms with Crippen molar-refractivity contribution in [2.75, 3.05) is 6.54 Å². The molecule has 1 heteroatoms. The van der Waals surface area contributed by atoms with Crippen LogP contribution in [-0.2, 0) is 0 Å². The minimum atomic E-state index is 0.228. The summed E-state index contributed by atoms with van der Waals surface area (Å²) in [5.74, 6) is 0. The normalized spacial score (nSPS) is 20.1. The second kappa shape index (κ2) is 7.99. The standard InChI is InChI=1S/C20H29N/c1-16(8-6-9-17(2)13-15-21)11-12-19-18(3)10-7-14-20(19,4)5/h6-13H,14-15,21H2,1-5H3/b9-6-,12-11+,16-8+,17-13+. The number of rotatable bonds is 5. The predicted molar refractivity (Wildman–Crippen MR) is 95.1 cm³/mol. The molecule has 0 fully saturated rings. The molecule has 1 aliphatic rings. The van der Waals surface area contributed by atoms with Crippen LogP contribution in [0.4, 0.5) is 0 Å².